The molecule has 0 spiro atoms. The van der Waals surface area contributed by atoms with Crippen LogP contribution in [0.1, 0.15) is 5.56 Å². The molecule has 0 unspecified atom stereocenters. The molecule has 0 saturated heterocycles. The number of benzene rings is 2. The lowest BCUT2D eigenvalue weighted by Gasteiger charge is -2.05. The van der Waals surface area contributed by atoms with Gasteiger partial charge in [-0.1, -0.05) is 65.0 Å². The number of rotatable bonds is 2. The second-order valence-corrected chi connectivity index (χ2v) is 4.16. The molecule has 2 aromatic carbocycles. The van der Waals surface area contributed by atoms with E-state index in [0.29, 0.717) is 0 Å². The number of halogens is 1. The Morgan fingerprint density at radius 2 is 1.80 bits per heavy atom. The summed E-state index contributed by atoms with van der Waals surface area (Å²) in [6.07, 6.45) is 1.86. The van der Waals surface area contributed by atoms with Gasteiger partial charge in [0, 0.05) is 4.47 Å². The van der Waals surface area contributed by atoms with Crippen LogP contribution >= 0.6 is 15.9 Å². The Morgan fingerprint density at radius 3 is 2.53 bits per heavy atom. The van der Waals surface area contributed by atoms with Gasteiger partial charge in [-0.05, 0) is 28.8 Å². The molecule has 0 nitrogen and oxygen atoms in total. The monoisotopic (exact) mass is 258 g/mol. The van der Waals surface area contributed by atoms with Crippen molar-refractivity contribution in [1.29, 1.82) is 0 Å². The number of hydrogen-bond donors (Lipinski definition) is 0. The molecule has 2 aromatic rings. The van der Waals surface area contributed by atoms with Crippen molar-refractivity contribution < 1.29 is 0 Å². The van der Waals surface area contributed by atoms with Crippen LogP contribution in [-0.4, -0.2) is 0 Å². The first-order valence-corrected chi connectivity index (χ1v) is 5.58. The molecule has 1 heteroatoms. The molecule has 0 N–H and O–H groups in total. The van der Waals surface area contributed by atoms with Gasteiger partial charge in [-0.15, -0.1) is 0 Å². The van der Waals surface area contributed by atoms with E-state index in [0.717, 1.165) is 10.0 Å². The average molecular weight is 259 g/mol. The summed E-state index contributed by atoms with van der Waals surface area (Å²) in [7, 11) is 0. The molecule has 0 atom stereocenters. The highest BCUT2D eigenvalue weighted by molar-refractivity contribution is 9.10. The van der Waals surface area contributed by atoms with Crippen molar-refractivity contribution in [1.82, 2.24) is 0 Å². The van der Waals surface area contributed by atoms with Crippen LogP contribution in [-0.2, 0) is 0 Å². The maximum absolute atomic E-state index is 3.78. The van der Waals surface area contributed by atoms with Crippen LogP contribution in [0.2, 0.25) is 0 Å². The molecule has 0 aliphatic rings. The zero-order valence-electron chi connectivity index (χ0n) is 8.28. The maximum atomic E-state index is 3.78. The van der Waals surface area contributed by atoms with Crippen molar-refractivity contribution in [3.8, 4) is 11.1 Å². The summed E-state index contributed by atoms with van der Waals surface area (Å²) in [5.41, 5.74) is 3.56. The normalized spacial score (nSPS) is 9.93. The van der Waals surface area contributed by atoms with Gasteiger partial charge in [0.05, 0.1) is 0 Å². The van der Waals surface area contributed by atoms with Crippen molar-refractivity contribution in [2.45, 2.75) is 0 Å². The fourth-order valence-corrected chi connectivity index (χ4v) is 2.04. The third-order valence-electron chi connectivity index (χ3n) is 2.31. The summed E-state index contributed by atoms with van der Waals surface area (Å²) in [5, 5.41) is 0. The van der Waals surface area contributed by atoms with Crippen molar-refractivity contribution in [2.75, 3.05) is 0 Å². The predicted molar refractivity (Wildman–Crippen MR) is 69.7 cm³/mol. The van der Waals surface area contributed by atoms with Gasteiger partial charge >= 0.3 is 0 Å². The lowest BCUT2D eigenvalue weighted by Crippen LogP contribution is -1.80. The standard InChI is InChI=1S/C14H11Br/c1-2-11-6-5-7-12(10-11)13-8-3-4-9-14(13)15/h2-10H,1H2. The highest BCUT2D eigenvalue weighted by atomic mass is 79.9. The minimum absolute atomic E-state index is 1.12. The first-order chi connectivity index (χ1) is 7.31. The Morgan fingerprint density at radius 1 is 1.00 bits per heavy atom. The smallest absolute Gasteiger partial charge is 0.0253 e. The SMILES string of the molecule is C=Cc1cccc(-c2ccccc2Br)c1. The molecule has 0 aliphatic heterocycles. The zero-order valence-corrected chi connectivity index (χ0v) is 9.87. The Bertz CT molecular complexity index is 486. The molecular weight excluding hydrogens is 248 g/mol. The van der Waals surface area contributed by atoms with Crippen LogP contribution in [0.3, 0.4) is 0 Å². The fourth-order valence-electron chi connectivity index (χ4n) is 1.53. The Labute approximate surface area is 98.4 Å². The Kier molecular flexibility index (Phi) is 3.02. The summed E-state index contributed by atoms with van der Waals surface area (Å²) in [4.78, 5) is 0. The molecule has 0 aliphatic carbocycles. The van der Waals surface area contributed by atoms with E-state index in [4.69, 9.17) is 0 Å². The van der Waals surface area contributed by atoms with Gasteiger partial charge in [0.25, 0.3) is 0 Å². The average Bonchev–Trinajstić information content (AvgIpc) is 2.30. The lowest BCUT2D eigenvalue weighted by atomic mass is 10.0. The van der Waals surface area contributed by atoms with Crippen LogP contribution in [0.25, 0.3) is 17.2 Å². The largest absolute Gasteiger partial charge is 0.0985 e. The van der Waals surface area contributed by atoms with Crippen LogP contribution in [0, 0.1) is 0 Å². The fraction of sp³-hybridized carbons (Fsp3) is 0. The van der Waals surface area contributed by atoms with E-state index >= 15 is 0 Å². The summed E-state index contributed by atoms with van der Waals surface area (Å²) in [6.45, 7) is 3.78. The highest BCUT2D eigenvalue weighted by Crippen LogP contribution is 2.28. The summed E-state index contributed by atoms with van der Waals surface area (Å²) < 4.78 is 1.12. The highest BCUT2D eigenvalue weighted by Gasteiger charge is 2.01. The third kappa shape index (κ3) is 2.18. The molecule has 0 heterocycles. The van der Waals surface area contributed by atoms with E-state index in [1.54, 1.807) is 0 Å². The minimum atomic E-state index is 1.12. The van der Waals surface area contributed by atoms with Crippen LogP contribution in [0.4, 0.5) is 0 Å². The molecule has 0 bridgehead atoms. The maximum Gasteiger partial charge on any atom is 0.0253 e. The molecule has 0 amide bonds. The van der Waals surface area contributed by atoms with E-state index in [2.05, 4.69) is 46.8 Å². The lowest BCUT2D eigenvalue weighted by molar-refractivity contribution is 1.57. The molecule has 0 fully saturated rings. The van der Waals surface area contributed by atoms with Crippen LogP contribution < -0.4 is 0 Å². The van der Waals surface area contributed by atoms with Crippen molar-refractivity contribution >= 4 is 22.0 Å². The van der Waals surface area contributed by atoms with E-state index < -0.39 is 0 Å². The van der Waals surface area contributed by atoms with E-state index in [1.165, 1.54) is 11.1 Å². The van der Waals surface area contributed by atoms with Gasteiger partial charge < -0.3 is 0 Å². The van der Waals surface area contributed by atoms with Gasteiger partial charge in [-0.25, -0.2) is 0 Å². The van der Waals surface area contributed by atoms with Gasteiger partial charge in [0.2, 0.25) is 0 Å². The second kappa shape index (κ2) is 4.45. The molecule has 74 valence electrons. The van der Waals surface area contributed by atoms with Gasteiger partial charge in [0.15, 0.2) is 0 Å². The summed E-state index contributed by atoms with van der Waals surface area (Å²) >= 11 is 3.55. The minimum Gasteiger partial charge on any atom is -0.0985 e. The first kappa shape index (κ1) is 10.2. The van der Waals surface area contributed by atoms with Gasteiger partial charge in [-0.2, -0.15) is 0 Å². The molecule has 0 aromatic heterocycles. The first-order valence-electron chi connectivity index (χ1n) is 4.78. The predicted octanol–water partition coefficient (Wildman–Crippen LogP) is 4.76. The topological polar surface area (TPSA) is 0 Å². The second-order valence-electron chi connectivity index (χ2n) is 3.31. The van der Waals surface area contributed by atoms with Crippen LogP contribution in [0.5, 0.6) is 0 Å². The Balaban J connectivity index is 2.54. The van der Waals surface area contributed by atoms with Gasteiger partial charge in [-0.3, -0.25) is 0 Å². The summed E-state index contributed by atoms with van der Waals surface area (Å²) in [5.74, 6) is 0. The van der Waals surface area contributed by atoms with Crippen molar-refractivity contribution in [3.63, 3.8) is 0 Å². The quantitative estimate of drug-likeness (QED) is 0.729. The molecule has 0 saturated carbocycles. The molecule has 2 rings (SSSR count). The Hall–Kier alpha value is -1.34. The van der Waals surface area contributed by atoms with E-state index in [1.807, 2.05) is 30.3 Å². The van der Waals surface area contributed by atoms with Crippen molar-refractivity contribution in [3.05, 3.63) is 65.1 Å². The van der Waals surface area contributed by atoms with E-state index in [-0.39, 0.29) is 0 Å². The van der Waals surface area contributed by atoms with E-state index in [9.17, 15) is 0 Å². The van der Waals surface area contributed by atoms with Crippen molar-refractivity contribution in [2.24, 2.45) is 0 Å². The molecule has 0 radical (unpaired) electrons. The van der Waals surface area contributed by atoms with Gasteiger partial charge in [0.1, 0.15) is 0 Å². The summed E-state index contributed by atoms with van der Waals surface area (Å²) in [6, 6.07) is 16.5. The number of hydrogen-bond acceptors (Lipinski definition) is 0. The van der Waals surface area contributed by atoms with Crippen LogP contribution in [0.15, 0.2) is 59.6 Å². The zero-order chi connectivity index (χ0) is 10.7. The molecule has 15 heavy (non-hydrogen) atoms. The molecular formula is C14H11Br. The third-order valence-corrected chi connectivity index (χ3v) is 3.00.